The Morgan fingerprint density at radius 1 is 1.69 bits per heavy atom. The number of nitrogens with zero attached hydrogens (tertiary/aromatic N) is 1. The summed E-state index contributed by atoms with van der Waals surface area (Å²) in [5.74, 6) is 0. The largest absolute Gasteiger partial charge is 0.361 e. The van der Waals surface area contributed by atoms with Gasteiger partial charge in [0.2, 0.25) is 0 Å². The fourth-order valence-corrected chi connectivity index (χ4v) is 2.21. The molecule has 0 bridgehead atoms. The summed E-state index contributed by atoms with van der Waals surface area (Å²) in [4.78, 5) is 0. The summed E-state index contributed by atoms with van der Waals surface area (Å²) >= 11 is 3.26. The van der Waals surface area contributed by atoms with E-state index in [9.17, 15) is 0 Å². The van der Waals surface area contributed by atoms with Gasteiger partial charge in [0.15, 0.2) is 0 Å². The third-order valence-corrected chi connectivity index (χ3v) is 4.44. The number of rotatable bonds is 6. The zero-order valence-corrected chi connectivity index (χ0v) is 12.8. The number of hydrazine groups is 1. The van der Waals surface area contributed by atoms with Gasteiger partial charge in [-0.05, 0) is 28.0 Å². The first-order valence-corrected chi connectivity index (χ1v) is 9.75. The Kier molecular flexibility index (Phi) is 4.32. The van der Waals surface area contributed by atoms with E-state index in [4.69, 9.17) is 12.2 Å². The highest BCUT2D eigenvalue weighted by molar-refractivity contribution is 9.11. The molecule has 0 aliphatic carbocycles. The van der Waals surface area contributed by atoms with Crippen molar-refractivity contribution in [3.05, 3.63) is 10.7 Å². The van der Waals surface area contributed by atoms with Crippen molar-refractivity contribution in [2.45, 2.75) is 31.9 Å². The summed E-state index contributed by atoms with van der Waals surface area (Å²) < 4.78 is 26.6. The van der Waals surface area contributed by atoms with E-state index in [1.165, 1.54) is 7.11 Å². The molecule has 16 heavy (non-hydrogen) atoms. The first kappa shape index (κ1) is 11.2. The van der Waals surface area contributed by atoms with Crippen LogP contribution < -0.4 is 5.43 Å². The molecule has 94 valence electrons. The molecule has 0 amide bonds. The normalized spacial score (nSPS) is 28.4. The van der Waals surface area contributed by atoms with Crippen LogP contribution >= 0.6 is 15.9 Å². The Labute approximate surface area is 110 Å². The first-order valence-electron chi connectivity index (χ1n) is 6.25. The SMILES string of the molecule is [2H]C1=C(Br)N(COCC[Si](C)(C)C)NC1([2H])OC. The van der Waals surface area contributed by atoms with E-state index in [1.807, 2.05) is 0 Å². The van der Waals surface area contributed by atoms with Crippen LogP contribution in [-0.4, -0.2) is 39.7 Å². The molecule has 0 saturated heterocycles. The number of methoxy groups -OCH3 is 1. The predicted octanol–water partition coefficient (Wildman–Crippen LogP) is 2.33. The van der Waals surface area contributed by atoms with E-state index < -0.39 is 14.3 Å². The standard InChI is InChI=1S/C10H21BrN2O2Si/c1-14-10-7-9(11)13(12-10)8-15-5-6-16(2,3)4/h7,10,12H,5-6,8H2,1-4H3/i7D,10D. The zero-order chi connectivity index (χ0) is 14.0. The van der Waals surface area contributed by atoms with Crippen LogP contribution in [0, 0.1) is 0 Å². The van der Waals surface area contributed by atoms with Crippen molar-refractivity contribution in [2.24, 2.45) is 0 Å². The molecular weight excluding hydrogens is 288 g/mol. The fraction of sp³-hybridized carbons (Fsp3) is 0.800. The monoisotopic (exact) mass is 310 g/mol. The van der Waals surface area contributed by atoms with Crippen molar-refractivity contribution in [1.82, 2.24) is 10.4 Å². The van der Waals surface area contributed by atoms with E-state index >= 15 is 0 Å². The van der Waals surface area contributed by atoms with E-state index in [0.29, 0.717) is 11.2 Å². The van der Waals surface area contributed by atoms with Gasteiger partial charge in [0.25, 0.3) is 0 Å². The van der Waals surface area contributed by atoms with Crippen molar-refractivity contribution < 1.29 is 12.2 Å². The summed E-state index contributed by atoms with van der Waals surface area (Å²) in [5.41, 5.74) is 2.77. The number of halogens is 1. The Hall–Kier alpha value is 0.117. The first-order chi connectivity index (χ1) is 8.19. The van der Waals surface area contributed by atoms with Crippen LogP contribution in [0.1, 0.15) is 2.74 Å². The molecule has 1 rings (SSSR count). The van der Waals surface area contributed by atoms with Crippen molar-refractivity contribution in [2.75, 3.05) is 20.4 Å². The van der Waals surface area contributed by atoms with Gasteiger partial charge in [-0.25, -0.2) is 0 Å². The van der Waals surface area contributed by atoms with Crippen molar-refractivity contribution in [3.8, 4) is 0 Å². The minimum absolute atomic E-state index is 0.0406. The van der Waals surface area contributed by atoms with Gasteiger partial charge in [0.05, 0.1) is 7.35 Å². The Morgan fingerprint density at radius 3 is 2.88 bits per heavy atom. The molecule has 0 spiro atoms. The number of hydrogen-bond acceptors (Lipinski definition) is 4. The number of ether oxygens (including phenoxy) is 2. The molecule has 1 unspecified atom stereocenters. The highest BCUT2D eigenvalue weighted by Gasteiger charge is 2.20. The topological polar surface area (TPSA) is 33.7 Å². The summed E-state index contributed by atoms with van der Waals surface area (Å²) in [6, 6.07) is 1.13. The Bertz CT molecular complexity index is 338. The van der Waals surface area contributed by atoms with Gasteiger partial charge in [-0.3, -0.25) is 5.01 Å². The van der Waals surface area contributed by atoms with Crippen LogP contribution in [0.5, 0.6) is 0 Å². The average molecular weight is 311 g/mol. The van der Waals surface area contributed by atoms with Gasteiger partial charge in [0, 0.05) is 21.8 Å². The van der Waals surface area contributed by atoms with Gasteiger partial charge >= 0.3 is 0 Å². The second kappa shape index (κ2) is 6.16. The molecule has 0 radical (unpaired) electrons. The lowest BCUT2D eigenvalue weighted by Gasteiger charge is -2.22. The summed E-state index contributed by atoms with van der Waals surface area (Å²) in [7, 11) is 0.307. The van der Waals surface area contributed by atoms with Crippen LogP contribution in [0.2, 0.25) is 25.7 Å². The molecule has 1 atom stereocenters. The van der Waals surface area contributed by atoms with Crippen molar-refractivity contribution in [1.29, 1.82) is 0 Å². The molecule has 0 fully saturated rings. The van der Waals surface area contributed by atoms with Gasteiger partial charge in [-0.2, -0.15) is 5.43 Å². The summed E-state index contributed by atoms with van der Waals surface area (Å²) in [5, 5.41) is 1.57. The number of hydrogen-bond donors (Lipinski definition) is 1. The van der Waals surface area contributed by atoms with E-state index in [-0.39, 0.29) is 12.8 Å². The minimum Gasteiger partial charge on any atom is -0.361 e. The number of nitrogens with one attached hydrogen (secondary N) is 1. The van der Waals surface area contributed by atoms with E-state index in [0.717, 1.165) is 6.04 Å². The molecule has 1 aliphatic rings. The lowest BCUT2D eigenvalue weighted by atomic mass is 10.6. The molecule has 0 aromatic rings. The fourth-order valence-electron chi connectivity index (χ4n) is 1.08. The molecular formula is C10H21BrN2O2Si. The molecule has 1 N–H and O–H groups in total. The highest BCUT2D eigenvalue weighted by atomic mass is 79.9. The highest BCUT2D eigenvalue weighted by Crippen LogP contribution is 2.18. The van der Waals surface area contributed by atoms with Crippen LogP contribution in [0.15, 0.2) is 10.7 Å². The van der Waals surface area contributed by atoms with Crippen LogP contribution in [-0.2, 0) is 9.47 Å². The molecule has 0 aromatic heterocycles. The predicted molar refractivity (Wildman–Crippen MR) is 71.8 cm³/mol. The minimum atomic E-state index is -1.53. The van der Waals surface area contributed by atoms with Gasteiger partial charge in [-0.15, -0.1) is 0 Å². The quantitative estimate of drug-likeness (QED) is 0.464. The molecule has 0 aromatic carbocycles. The van der Waals surface area contributed by atoms with Crippen LogP contribution in [0.25, 0.3) is 0 Å². The third-order valence-electron chi connectivity index (χ3n) is 2.11. The van der Waals surface area contributed by atoms with Crippen molar-refractivity contribution in [3.63, 3.8) is 0 Å². The maximum Gasteiger partial charge on any atom is 0.146 e. The second-order valence-corrected chi connectivity index (χ2v) is 11.2. The molecule has 0 saturated carbocycles. The molecule has 1 aliphatic heterocycles. The Balaban J connectivity index is 2.42. The third kappa shape index (κ3) is 4.97. The average Bonchev–Trinajstić information content (AvgIpc) is 2.49. The van der Waals surface area contributed by atoms with E-state index in [1.54, 1.807) is 5.01 Å². The maximum absolute atomic E-state index is 7.88. The Morgan fingerprint density at radius 2 is 2.38 bits per heavy atom. The molecule has 6 heteroatoms. The molecule has 1 heterocycles. The van der Waals surface area contributed by atoms with Gasteiger partial charge in [-0.1, -0.05) is 19.6 Å². The molecule has 4 nitrogen and oxygen atoms in total. The van der Waals surface area contributed by atoms with Gasteiger partial charge in [0.1, 0.15) is 12.9 Å². The van der Waals surface area contributed by atoms with Crippen LogP contribution in [0.4, 0.5) is 0 Å². The van der Waals surface area contributed by atoms with Gasteiger partial charge < -0.3 is 9.47 Å². The van der Waals surface area contributed by atoms with Crippen molar-refractivity contribution >= 4 is 24.0 Å². The lowest BCUT2D eigenvalue weighted by molar-refractivity contribution is -0.000378. The smallest absolute Gasteiger partial charge is 0.146 e. The summed E-state index contributed by atoms with van der Waals surface area (Å²) in [6.07, 6.45) is -1.53. The van der Waals surface area contributed by atoms with Crippen LogP contribution in [0.3, 0.4) is 0 Å². The lowest BCUT2D eigenvalue weighted by Crippen LogP contribution is -2.38. The second-order valence-electron chi connectivity index (χ2n) is 4.84. The summed E-state index contributed by atoms with van der Waals surface area (Å²) in [6.45, 7) is 7.86. The maximum atomic E-state index is 7.88. The zero-order valence-electron chi connectivity index (χ0n) is 12.3. The van der Waals surface area contributed by atoms with E-state index in [2.05, 4.69) is 41.0 Å².